The molecule has 1 unspecified atom stereocenters. The molecule has 0 rings (SSSR count). The van der Waals surface area contributed by atoms with Crippen LogP contribution in [0.2, 0.25) is 0 Å². The molecule has 0 radical (unpaired) electrons. The Labute approximate surface area is 67.8 Å². The van der Waals surface area contributed by atoms with E-state index in [4.69, 9.17) is 5.11 Å². The van der Waals surface area contributed by atoms with Gasteiger partial charge in [0.2, 0.25) is 5.91 Å². The average molecular weight is 159 g/mol. The second-order valence-corrected chi connectivity index (χ2v) is 2.69. The van der Waals surface area contributed by atoms with Gasteiger partial charge in [-0.3, -0.25) is 4.79 Å². The molecule has 0 aliphatic rings. The molecule has 0 bridgehead atoms. The maximum Gasteiger partial charge on any atom is 0.216 e. The Morgan fingerprint density at radius 2 is 2.27 bits per heavy atom. The summed E-state index contributed by atoms with van der Waals surface area (Å²) in [5.74, 6) is -0.00371. The third-order valence-corrected chi connectivity index (χ3v) is 1.56. The van der Waals surface area contributed by atoms with Crippen LogP contribution in [0, 0.1) is 0 Å². The Hall–Kier alpha value is -0.570. The van der Waals surface area contributed by atoms with Gasteiger partial charge in [-0.05, 0) is 19.3 Å². The van der Waals surface area contributed by atoms with Crippen molar-refractivity contribution in [2.24, 2.45) is 0 Å². The Kier molecular flexibility index (Phi) is 5.84. The number of carbonyl (C=O) groups is 1. The van der Waals surface area contributed by atoms with E-state index in [1.54, 1.807) is 0 Å². The molecule has 0 spiro atoms. The second kappa shape index (κ2) is 6.16. The zero-order valence-corrected chi connectivity index (χ0v) is 7.26. The molecule has 3 heteroatoms. The molecule has 0 aliphatic heterocycles. The van der Waals surface area contributed by atoms with E-state index in [2.05, 4.69) is 5.32 Å². The fourth-order valence-corrected chi connectivity index (χ4v) is 0.806. The molecule has 0 aromatic carbocycles. The first kappa shape index (κ1) is 10.4. The van der Waals surface area contributed by atoms with Crippen LogP contribution < -0.4 is 5.32 Å². The highest BCUT2D eigenvalue weighted by Crippen LogP contribution is 1.98. The highest BCUT2D eigenvalue weighted by atomic mass is 16.3. The van der Waals surface area contributed by atoms with Crippen molar-refractivity contribution < 1.29 is 9.90 Å². The van der Waals surface area contributed by atoms with Crippen LogP contribution in [-0.2, 0) is 4.79 Å². The fourth-order valence-electron chi connectivity index (χ4n) is 0.806. The molecule has 1 atom stereocenters. The Morgan fingerprint density at radius 3 is 2.73 bits per heavy atom. The molecule has 0 aromatic heterocycles. The fraction of sp³-hybridized carbons (Fsp3) is 0.875. The topological polar surface area (TPSA) is 49.3 Å². The summed E-state index contributed by atoms with van der Waals surface area (Å²) in [7, 11) is 0. The van der Waals surface area contributed by atoms with Crippen molar-refractivity contribution in [3.8, 4) is 0 Å². The number of carbonyl (C=O) groups excluding carboxylic acids is 1. The number of amides is 1. The maximum absolute atomic E-state index is 10.4. The number of hydrogen-bond acceptors (Lipinski definition) is 2. The molecule has 0 saturated heterocycles. The van der Waals surface area contributed by atoms with Crippen molar-refractivity contribution in [3.63, 3.8) is 0 Å². The van der Waals surface area contributed by atoms with E-state index < -0.39 is 0 Å². The lowest BCUT2D eigenvalue weighted by atomic mass is 10.1. The summed E-state index contributed by atoms with van der Waals surface area (Å²) in [6.45, 7) is 4.12. The molecule has 0 aromatic rings. The SMILES string of the molecule is CCC(O)CCCNC(C)=O. The van der Waals surface area contributed by atoms with Crippen molar-refractivity contribution in [2.75, 3.05) is 6.54 Å². The largest absolute Gasteiger partial charge is 0.393 e. The third-order valence-electron chi connectivity index (χ3n) is 1.56. The summed E-state index contributed by atoms with van der Waals surface area (Å²) in [5.41, 5.74) is 0. The van der Waals surface area contributed by atoms with Gasteiger partial charge in [-0.25, -0.2) is 0 Å². The molecule has 1 amide bonds. The summed E-state index contributed by atoms with van der Waals surface area (Å²) < 4.78 is 0. The second-order valence-electron chi connectivity index (χ2n) is 2.69. The Morgan fingerprint density at radius 1 is 1.64 bits per heavy atom. The first-order valence-corrected chi connectivity index (χ1v) is 4.09. The summed E-state index contributed by atoms with van der Waals surface area (Å²) >= 11 is 0. The Balaban J connectivity index is 3.08. The maximum atomic E-state index is 10.4. The zero-order valence-electron chi connectivity index (χ0n) is 7.26. The van der Waals surface area contributed by atoms with Gasteiger partial charge in [0.15, 0.2) is 0 Å². The van der Waals surface area contributed by atoms with Crippen molar-refractivity contribution in [1.29, 1.82) is 0 Å². The van der Waals surface area contributed by atoms with Gasteiger partial charge in [0.05, 0.1) is 6.10 Å². The van der Waals surface area contributed by atoms with Crippen LogP contribution in [0.1, 0.15) is 33.1 Å². The lowest BCUT2D eigenvalue weighted by Gasteiger charge is -2.06. The van der Waals surface area contributed by atoms with Gasteiger partial charge in [0.1, 0.15) is 0 Å². The highest BCUT2D eigenvalue weighted by molar-refractivity contribution is 5.72. The van der Waals surface area contributed by atoms with Gasteiger partial charge < -0.3 is 10.4 Å². The zero-order chi connectivity index (χ0) is 8.69. The lowest BCUT2D eigenvalue weighted by Crippen LogP contribution is -2.21. The van der Waals surface area contributed by atoms with Crippen LogP contribution in [0.25, 0.3) is 0 Å². The van der Waals surface area contributed by atoms with Crippen LogP contribution in [0.15, 0.2) is 0 Å². The van der Waals surface area contributed by atoms with Crippen LogP contribution in [0.5, 0.6) is 0 Å². The Bertz CT molecular complexity index is 115. The van der Waals surface area contributed by atoms with E-state index in [0.717, 1.165) is 19.3 Å². The molecule has 2 N–H and O–H groups in total. The first-order valence-electron chi connectivity index (χ1n) is 4.09. The molecule has 0 saturated carbocycles. The smallest absolute Gasteiger partial charge is 0.216 e. The number of nitrogens with one attached hydrogen (secondary N) is 1. The quantitative estimate of drug-likeness (QED) is 0.579. The third kappa shape index (κ3) is 7.33. The van der Waals surface area contributed by atoms with E-state index in [1.807, 2.05) is 6.92 Å². The van der Waals surface area contributed by atoms with Gasteiger partial charge >= 0.3 is 0 Å². The van der Waals surface area contributed by atoms with Gasteiger partial charge in [0.25, 0.3) is 0 Å². The van der Waals surface area contributed by atoms with Crippen LogP contribution in [-0.4, -0.2) is 23.7 Å². The summed E-state index contributed by atoms with van der Waals surface area (Å²) in [5, 5.41) is 11.8. The van der Waals surface area contributed by atoms with E-state index in [1.165, 1.54) is 6.92 Å². The number of hydrogen-bond donors (Lipinski definition) is 2. The number of aliphatic hydroxyl groups is 1. The molecule has 11 heavy (non-hydrogen) atoms. The van der Waals surface area contributed by atoms with E-state index in [0.29, 0.717) is 6.54 Å². The minimum absolute atomic E-state index is 0.00371. The molecule has 0 aliphatic carbocycles. The lowest BCUT2D eigenvalue weighted by molar-refractivity contribution is -0.118. The monoisotopic (exact) mass is 159 g/mol. The molecular formula is C8H17NO2. The predicted molar refractivity (Wildman–Crippen MR) is 44.2 cm³/mol. The van der Waals surface area contributed by atoms with Crippen molar-refractivity contribution >= 4 is 5.91 Å². The number of rotatable bonds is 5. The highest BCUT2D eigenvalue weighted by Gasteiger charge is 1.99. The van der Waals surface area contributed by atoms with E-state index in [9.17, 15) is 4.79 Å². The molecule has 0 fully saturated rings. The minimum atomic E-state index is -0.205. The molecular weight excluding hydrogens is 142 g/mol. The molecule has 66 valence electrons. The van der Waals surface area contributed by atoms with Gasteiger partial charge in [-0.1, -0.05) is 6.92 Å². The molecule has 0 heterocycles. The van der Waals surface area contributed by atoms with Crippen LogP contribution in [0.4, 0.5) is 0 Å². The van der Waals surface area contributed by atoms with Crippen LogP contribution >= 0.6 is 0 Å². The average Bonchev–Trinajstić information content (AvgIpc) is 1.97. The molecule has 3 nitrogen and oxygen atoms in total. The van der Waals surface area contributed by atoms with Crippen molar-refractivity contribution in [2.45, 2.75) is 39.2 Å². The summed E-state index contributed by atoms with van der Waals surface area (Å²) in [4.78, 5) is 10.4. The van der Waals surface area contributed by atoms with Crippen LogP contribution in [0.3, 0.4) is 0 Å². The first-order chi connectivity index (χ1) is 5.16. The van der Waals surface area contributed by atoms with Crippen molar-refractivity contribution in [1.82, 2.24) is 5.32 Å². The number of aliphatic hydroxyl groups excluding tert-OH is 1. The van der Waals surface area contributed by atoms with Crippen molar-refractivity contribution in [3.05, 3.63) is 0 Å². The van der Waals surface area contributed by atoms with Gasteiger partial charge in [0, 0.05) is 13.5 Å². The minimum Gasteiger partial charge on any atom is -0.393 e. The standard InChI is InChI=1S/C8H17NO2/c1-3-8(11)5-4-6-9-7(2)10/h8,11H,3-6H2,1-2H3,(H,9,10). The van der Waals surface area contributed by atoms with E-state index in [-0.39, 0.29) is 12.0 Å². The predicted octanol–water partition coefficient (Wildman–Crippen LogP) is 0.674. The normalized spacial score (nSPS) is 12.6. The van der Waals surface area contributed by atoms with E-state index >= 15 is 0 Å². The summed E-state index contributed by atoms with van der Waals surface area (Å²) in [6, 6.07) is 0. The van der Waals surface area contributed by atoms with Gasteiger partial charge in [-0.15, -0.1) is 0 Å². The summed E-state index contributed by atoms with van der Waals surface area (Å²) in [6.07, 6.45) is 2.22. The van der Waals surface area contributed by atoms with Gasteiger partial charge in [-0.2, -0.15) is 0 Å².